The van der Waals surface area contributed by atoms with E-state index >= 15 is 0 Å². The van der Waals surface area contributed by atoms with E-state index in [0.29, 0.717) is 19.8 Å². The number of morpholine rings is 1. The minimum absolute atomic E-state index is 0.126. The van der Waals surface area contributed by atoms with Gasteiger partial charge in [-0.05, 0) is 30.2 Å². The first-order valence-corrected chi connectivity index (χ1v) is 9.92. The van der Waals surface area contributed by atoms with Gasteiger partial charge in [0.05, 0.1) is 30.3 Å². The molecule has 4 rings (SSSR count). The maximum atomic E-state index is 11.1. The van der Waals surface area contributed by atoms with Crippen molar-refractivity contribution in [1.29, 1.82) is 0 Å². The van der Waals surface area contributed by atoms with Gasteiger partial charge in [0.1, 0.15) is 18.5 Å². The predicted molar refractivity (Wildman–Crippen MR) is 114 cm³/mol. The van der Waals surface area contributed by atoms with Gasteiger partial charge in [-0.15, -0.1) is 0 Å². The van der Waals surface area contributed by atoms with Gasteiger partial charge in [-0.1, -0.05) is 42.0 Å². The Bertz CT molecular complexity index is 1000. The van der Waals surface area contributed by atoms with Gasteiger partial charge in [0.25, 0.3) is 0 Å². The number of carboxylic acid groups (broad SMARTS) is 1. The Morgan fingerprint density at radius 1 is 1.17 bits per heavy atom. The quantitative estimate of drug-likeness (QED) is 0.662. The molecule has 3 aromatic rings. The lowest BCUT2D eigenvalue weighted by atomic mass is 10.1. The van der Waals surface area contributed by atoms with Crippen LogP contribution in [0.4, 0.5) is 5.69 Å². The molecule has 1 saturated heterocycles. The van der Waals surface area contributed by atoms with Crippen molar-refractivity contribution in [1.82, 2.24) is 4.98 Å². The van der Waals surface area contributed by atoms with Crippen molar-refractivity contribution in [3.8, 4) is 5.75 Å². The first-order valence-electron chi connectivity index (χ1n) is 9.92. The molecule has 1 aliphatic rings. The third-order valence-electron chi connectivity index (χ3n) is 5.19. The summed E-state index contributed by atoms with van der Waals surface area (Å²) in [6.45, 7) is 4.56. The van der Waals surface area contributed by atoms with Gasteiger partial charge < -0.3 is 19.5 Å². The second-order valence-electron chi connectivity index (χ2n) is 7.39. The average Bonchev–Trinajstić information content (AvgIpc) is 2.79. The summed E-state index contributed by atoms with van der Waals surface area (Å²) in [5, 5.41) is 9.07. The number of carboxylic acids is 1. The highest BCUT2D eigenvalue weighted by Crippen LogP contribution is 2.28. The molecule has 6 nitrogen and oxygen atoms in total. The fraction of sp³-hybridized carbons (Fsp3) is 0.250. The minimum Gasteiger partial charge on any atom is -0.487 e. The van der Waals surface area contributed by atoms with Gasteiger partial charge >= 0.3 is 5.97 Å². The molecule has 1 N–H and O–H groups in total. The van der Waals surface area contributed by atoms with Gasteiger partial charge in [0.15, 0.2) is 0 Å². The average molecular weight is 404 g/mol. The Hall–Kier alpha value is -3.38. The van der Waals surface area contributed by atoms with Gasteiger partial charge in [-0.25, -0.2) is 4.79 Å². The zero-order chi connectivity index (χ0) is 20.9. The number of hydrogen-bond acceptors (Lipinski definition) is 5. The molecule has 0 radical (unpaired) electrons. The molecule has 0 aliphatic carbocycles. The van der Waals surface area contributed by atoms with E-state index < -0.39 is 5.97 Å². The van der Waals surface area contributed by atoms with E-state index in [9.17, 15) is 4.79 Å². The summed E-state index contributed by atoms with van der Waals surface area (Å²) >= 11 is 0. The van der Waals surface area contributed by atoms with Crippen molar-refractivity contribution in [2.45, 2.75) is 19.6 Å². The van der Waals surface area contributed by atoms with Crippen LogP contribution in [0.1, 0.15) is 33.2 Å². The summed E-state index contributed by atoms with van der Waals surface area (Å²) < 4.78 is 11.9. The number of aromatic carboxylic acids is 1. The molecule has 1 aromatic heterocycles. The highest BCUT2D eigenvalue weighted by Gasteiger charge is 2.23. The van der Waals surface area contributed by atoms with Crippen molar-refractivity contribution in [2.24, 2.45) is 0 Å². The van der Waals surface area contributed by atoms with Gasteiger partial charge in [-0.3, -0.25) is 4.98 Å². The molecule has 6 heteroatoms. The highest BCUT2D eigenvalue weighted by atomic mass is 16.5. The Balaban J connectivity index is 1.42. The number of rotatable bonds is 6. The molecule has 2 heterocycles. The number of benzene rings is 2. The fourth-order valence-corrected chi connectivity index (χ4v) is 3.44. The van der Waals surface area contributed by atoms with Crippen LogP contribution in [0.25, 0.3) is 0 Å². The van der Waals surface area contributed by atoms with E-state index in [4.69, 9.17) is 14.6 Å². The second-order valence-corrected chi connectivity index (χ2v) is 7.39. The molecule has 0 bridgehead atoms. The van der Waals surface area contributed by atoms with Crippen LogP contribution in [0.3, 0.4) is 0 Å². The normalized spacial score (nSPS) is 16.3. The number of ether oxygens (including phenoxy) is 2. The summed E-state index contributed by atoms with van der Waals surface area (Å²) in [7, 11) is 0. The van der Waals surface area contributed by atoms with Crippen molar-refractivity contribution >= 4 is 11.7 Å². The lowest BCUT2D eigenvalue weighted by Crippen LogP contribution is -2.38. The van der Waals surface area contributed by atoms with Crippen molar-refractivity contribution < 1.29 is 19.4 Å². The van der Waals surface area contributed by atoms with Crippen molar-refractivity contribution in [2.75, 3.05) is 24.6 Å². The van der Waals surface area contributed by atoms with E-state index in [1.54, 1.807) is 18.3 Å². The lowest BCUT2D eigenvalue weighted by molar-refractivity contribution is 0.0397. The van der Waals surface area contributed by atoms with Gasteiger partial charge in [0.2, 0.25) is 0 Å². The number of hydrogen-bond donors (Lipinski definition) is 1. The third-order valence-corrected chi connectivity index (χ3v) is 5.19. The van der Waals surface area contributed by atoms with Crippen LogP contribution in [-0.4, -0.2) is 35.8 Å². The van der Waals surface area contributed by atoms with E-state index in [1.807, 2.05) is 24.4 Å². The fourth-order valence-electron chi connectivity index (χ4n) is 3.44. The van der Waals surface area contributed by atoms with Crippen LogP contribution >= 0.6 is 0 Å². The summed E-state index contributed by atoms with van der Waals surface area (Å²) in [4.78, 5) is 17.6. The Morgan fingerprint density at radius 2 is 1.93 bits per heavy atom. The van der Waals surface area contributed by atoms with Crippen LogP contribution in [-0.2, 0) is 11.3 Å². The number of carbonyl (C=O) groups is 1. The number of aryl methyl sites for hydroxylation is 1. The van der Waals surface area contributed by atoms with Crippen LogP contribution in [0.15, 0.2) is 67.0 Å². The Morgan fingerprint density at radius 3 is 2.67 bits per heavy atom. The zero-order valence-corrected chi connectivity index (χ0v) is 16.8. The molecule has 0 spiro atoms. The molecule has 1 aliphatic heterocycles. The highest BCUT2D eigenvalue weighted by molar-refractivity contribution is 5.87. The maximum absolute atomic E-state index is 11.1. The molecule has 1 fully saturated rings. The standard InChI is InChI=1S/C24H24N2O4/c1-17-2-4-18(5-3-17)16-30-22-12-21(13-25-14-22)26-10-11-29-23(15-26)19-6-8-20(9-7-19)24(27)28/h2-9,12-14,23H,10-11,15-16H2,1H3,(H,27,28). The van der Waals surface area contributed by atoms with E-state index in [0.717, 1.165) is 29.1 Å². The number of pyridine rings is 1. The monoisotopic (exact) mass is 404 g/mol. The maximum Gasteiger partial charge on any atom is 0.335 e. The topological polar surface area (TPSA) is 71.9 Å². The van der Waals surface area contributed by atoms with E-state index in [-0.39, 0.29) is 11.7 Å². The van der Waals surface area contributed by atoms with Crippen LogP contribution in [0.2, 0.25) is 0 Å². The second kappa shape index (κ2) is 8.97. The summed E-state index contributed by atoms with van der Waals surface area (Å²) in [6, 6.07) is 17.1. The predicted octanol–water partition coefficient (Wildman–Crippen LogP) is 4.25. The molecule has 0 saturated carbocycles. The largest absolute Gasteiger partial charge is 0.487 e. The molecular weight excluding hydrogens is 380 g/mol. The van der Waals surface area contributed by atoms with Gasteiger partial charge in [-0.2, -0.15) is 0 Å². The van der Waals surface area contributed by atoms with Crippen LogP contribution in [0, 0.1) is 6.92 Å². The molecule has 2 aromatic carbocycles. The third kappa shape index (κ3) is 4.78. The lowest BCUT2D eigenvalue weighted by Gasteiger charge is -2.34. The molecule has 30 heavy (non-hydrogen) atoms. The molecular formula is C24H24N2O4. The van der Waals surface area contributed by atoms with Crippen molar-refractivity contribution in [3.63, 3.8) is 0 Å². The summed E-state index contributed by atoms with van der Waals surface area (Å²) in [5.74, 6) is -0.205. The van der Waals surface area contributed by atoms with Crippen LogP contribution < -0.4 is 9.64 Å². The SMILES string of the molecule is Cc1ccc(COc2cncc(N3CCOC(c4ccc(C(=O)O)cc4)C3)c2)cc1. The first kappa shape index (κ1) is 19.9. The van der Waals surface area contributed by atoms with E-state index in [1.165, 1.54) is 5.56 Å². The summed E-state index contributed by atoms with van der Waals surface area (Å²) in [5.41, 5.74) is 4.55. The smallest absolute Gasteiger partial charge is 0.335 e. The molecule has 0 amide bonds. The Labute approximate surface area is 175 Å². The molecule has 1 unspecified atom stereocenters. The Kier molecular flexibility index (Phi) is 5.95. The molecule has 1 atom stereocenters. The number of nitrogens with zero attached hydrogens (tertiary/aromatic N) is 2. The zero-order valence-electron chi connectivity index (χ0n) is 16.8. The van der Waals surface area contributed by atoms with E-state index in [2.05, 4.69) is 41.1 Å². The number of aromatic nitrogens is 1. The van der Waals surface area contributed by atoms with Crippen molar-refractivity contribution in [3.05, 3.63) is 89.2 Å². The minimum atomic E-state index is -0.929. The molecule has 154 valence electrons. The van der Waals surface area contributed by atoms with Gasteiger partial charge in [0, 0.05) is 19.2 Å². The van der Waals surface area contributed by atoms with Crippen LogP contribution in [0.5, 0.6) is 5.75 Å². The first-order chi connectivity index (χ1) is 14.6. The summed E-state index contributed by atoms with van der Waals surface area (Å²) in [6.07, 6.45) is 3.42. The number of anilines is 1.